The van der Waals surface area contributed by atoms with E-state index in [0.717, 1.165) is 12.5 Å². The van der Waals surface area contributed by atoms with Gasteiger partial charge in [0.15, 0.2) is 5.96 Å². The van der Waals surface area contributed by atoms with Gasteiger partial charge >= 0.3 is 0 Å². The second kappa shape index (κ2) is 5.70. The van der Waals surface area contributed by atoms with Crippen molar-refractivity contribution in [2.24, 2.45) is 16.6 Å². The molecular formula is C18H27N3. The zero-order valence-electron chi connectivity index (χ0n) is 13.3. The molecule has 2 aliphatic rings. The van der Waals surface area contributed by atoms with Gasteiger partial charge in [-0.2, -0.15) is 0 Å². The van der Waals surface area contributed by atoms with Crippen LogP contribution >= 0.6 is 0 Å². The number of benzene rings is 1. The number of aliphatic imine (C=N–C) groups is 1. The minimum absolute atomic E-state index is 0.141. The molecule has 0 bridgehead atoms. The van der Waals surface area contributed by atoms with Crippen LogP contribution in [0.1, 0.15) is 51.0 Å². The van der Waals surface area contributed by atoms with Crippen LogP contribution in [0.4, 0.5) is 5.69 Å². The number of hydrogen-bond acceptors (Lipinski definition) is 3. The molecular weight excluding hydrogens is 258 g/mol. The van der Waals surface area contributed by atoms with Gasteiger partial charge in [0.2, 0.25) is 0 Å². The van der Waals surface area contributed by atoms with Crippen molar-refractivity contribution in [2.45, 2.75) is 57.9 Å². The zero-order chi connectivity index (χ0) is 14.9. The second-order valence-electron chi connectivity index (χ2n) is 6.81. The predicted octanol–water partition coefficient (Wildman–Crippen LogP) is 3.86. The van der Waals surface area contributed by atoms with Crippen molar-refractivity contribution in [3.05, 3.63) is 29.8 Å². The lowest BCUT2D eigenvalue weighted by Gasteiger charge is -2.44. The van der Waals surface area contributed by atoms with Crippen molar-refractivity contribution in [3.8, 4) is 0 Å². The van der Waals surface area contributed by atoms with Crippen LogP contribution in [0.25, 0.3) is 0 Å². The first-order valence-electron chi connectivity index (χ1n) is 8.31. The van der Waals surface area contributed by atoms with E-state index in [0.29, 0.717) is 5.96 Å². The molecule has 1 aliphatic heterocycles. The summed E-state index contributed by atoms with van der Waals surface area (Å²) in [5.74, 6) is 1.61. The molecule has 0 unspecified atom stereocenters. The number of nitrogens with two attached hydrogens (primary N) is 1. The van der Waals surface area contributed by atoms with Crippen LogP contribution in [0.3, 0.4) is 0 Å². The summed E-state index contributed by atoms with van der Waals surface area (Å²) in [7, 11) is 0. The Kier molecular flexibility index (Phi) is 3.92. The molecule has 3 rings (SSSR count). The van der Waals surface area contributed by atoms with Crippen LogP contribution in [0, 0.1) is 12.8 Å². The highest BCUT2D eigenvalue weighted by molar-refractivity contribution is 5.98. The Morgan fingerprint density at radius 3 is 2.76 bits per heavy atom. The van der Waals surface area contributed by atoms with Gasteiger partial charge in [0.25, 0.3) is 0 Å². The molecule has 114 valence electrons. The fourth-order valence-electron chi connectivity index (χ4n) is 4.08. The van der Waals surface area contributed by atoms with Gasteiger partial charge in [-0.1, -0.05) is 31.9 Å². The van der Waals surface area contributed by atoms with Gasteiger partial charge in [-0.3, -0.25) is 4.99 Å². The maximum atomic E-state index is 6.24. The summed E-state index contributed by atoms with van der Waals surface area (Å²) in [6, 6.07) is 8.65. The molecule has 3 heteroatoms. The van der Waals surface area contributed by atoms with Gasteiger partial charge in [-0.05, 0) is 56.2 Å². The Hall–Kier alpha value is -1.51. The third-order valence-electron chi connectivity index (χ3n) is 5.23. The number of hydrogen-bond donors (Lipinski definition) is 1. The highest BCUT2D eigenvalue weighted by atomic mass is 15.4. The molecule has 0 amide bonds. The summed E-state index contributed by atoms with van der Waals surface area (Å²) in [6.07, 6.45) is 7.75. The first kappa shape index (κ1) is 14.4. The van der Waals surface area contributed by atoms with Crippen molar-refractivity contribution in [3.63, 3.8) is 0 Å². The smallest absolute Gasteiger partial charge is 0.196 e. The molecule has 21 heavy (non-hydrogen) atoms. The molecule has 2 N–H and O–H groups in total. The zero-order valence-corrected chi connectivity index (χ0v) is 13.3. The van der Waals surface area contributed by atoms with Gasteiger partial charge in [-0.25, -0.2) is 0 Å². The van der Waals surface area contributed by atoms with Crippen LogP contribution in [0.15, 0.2) is 29.3 Å². The quantitative estimate of drug-likeness (QED) is 0.916. The number of nitrogens with zero attached hydrogens (tertiary/aromatic N) is 2. The van der Waals surface area contributed by atoms with E-state index in [-0.39, 0.29) is 5.54 Å². The van der Waals surface area contributed by atoms with E-state index in [1.165, 1.54) is 49.8 Å². The lowest BCUT2D eigenvalue weighted by Crippen LogP contribution is -2.53. The predicted molar refractivity (Wildman–Crippen MR) is 89.7 cm³/mol. The number of guanidine groups is 1. The highest BCUT2D eigenvalue weighted by Crippen LogP contribution is 2.42. The Balaban J connectivity index is 1.83. The fourth-order valence-corrected chi connectivity index (χ4v) is 4.08. The summed E-state index contributed by atoms with van der Waals surface area (Å²) in [5.41, 5.74) is 8.87. The van der Waals surface area contributed by atoms with Crippen LogP contribution in [0.5, 0.6) is 0 Å². The van der Waals surface area contributed by atoms with Crippen LogP contribution < -0.4 is 10.6 Å². The van der Waals surface area contributed by atoms with E-state index < -0.39 is 0 Å². The molecule has 1 fully saturated rings. The topological polar surface area (TPSA) is 41.6 Å². The molecule has 3 nitrogen and oxygen atoms in total. The van der Waals surface area contributed by atoms with Gasteiger partial charge in [0.05, 0.1) is 12.1 Å². The van der Waals surface area contributed by atoms with Crippen LogP contribution in [0.2, 0.25) is 0 Å². The number of rotatable bonds is 3. The Morgan fingerprint density at radius 2 is 2.10 bits per heavy atom. The van der Waals surface area contributed by atoms with E-state index in [2.05, 4.69) is 48.0 Å². The van der Waals surface area contributed by atoms with Crippen molar-refractivity contribution < 1.29 is 0 Å². The number of anilines is 1. The molecule has 1 aromatic carbocycles. The SMILES string of the molecule is CCCC1CCC2(CC1)CN=C(N)N2c1cccc(C)c1. The fraction of sp³-hybridized carbons (Fsp3) is 0.611. The Morgan fingerprint density at radius 1 is 1.33 bits per heavy atom. The van der Waals surface area contributed by atoms with Crippen molar-refractivity contribution in [1.29, 1.82) is 0 Å². The third kappa shape index (κ3) is 2.66. The first-order valence-corrected chi connectivity index (χ1v) is 8.31. The minimum Gasteiger partial charge on any atom is -0.369 e. The largest absolute Gasteiger partial charge is 0.369 e. The standard InChI is InChI=1S/C18H27N3/c1-3-5-15-8-10-18(11-9-15)13-20-17(19)21(18)16-7-4-6-14(2)12-16/h4,6-7,12,15H,3,5,8-11,13H2,1-2H3,(H2,19,20). The van der Waals surface area contributed by atoms with E-state index in [1.807, 2.05) is 0 Å². The monoisotopic (exact) mass is 285 g/mol. The molecule has 1 heterocycles. The summed E-state index contributed by atoms with van der Waals surface area (Å²) < 4.78 is 0. The molecule has 0 radical (unpaired) electrons. The third-order valence-corrected chi connectivity index (χ3v) is 5.23. The molecule has 1 aromatic rings. The molecule has 1 aliphatic carbocycles. The Labute approximate surface area is 128 Å². The second-order valence-corrected chi connectivity index (χ2v) is 6.81. The molecule has 0 aromatic heterocycles. The maximum absolute atomic E-state index is 6.24. The van der Waals surface area contributed by atoms with E-state index >= 15 is 0 Å². The minimum atomic E-state index is 0.141. The molecule has 1 spiro atoms. The van der Waals surface area contributed by atoms with Gasteiger partial charge in [0.1, 0.15) is 0 Å². The van der Waals surface area contributed by atoms with E-state index in [4.69, 9.17) is 5.73 Å². The van der Waals surface area contributed by atoms with Crippen LogP contribution in [-0.2, 0) is 0 Å². The van der Waals surface area contributed by atoms with Gasteiger partial charge < -0.3 is 10.6 Å². The van der Waals surface area contributed by atoms with E-state index in [1.54, 1.807) is 0 Å². The van der Waals surface area contributed by atoms with Gasteiger partial charge in [-0.15, -0.1) is 0 Å². The van der Waals surface area contributed by atoms with E-state index in [9.17, 15) is 0 Å². The average molecular weight is 285 g/mol. The molecule has 0 saturated heterocycles. The first-order chi connectivity index (χ1) is 10.1. The summed E-state index contributed by atoms with van der Waals surface area (Å²) in [4.78, 5) is 6.91. The summed E-state index contributed by atoms with van der Waals surface area (Å²) in [6.45, 7) is 5.30. The molecule has 0 atom stereocenters. The summed E-state index contributed by atoms with van der Waals surface area (Å²) >= 11 is 0. The highest BCUT2D eigenvalue weighted by Gasteiger charge is 2.45. The van der Waals surface area contributed by atoms with Crippen molar-refractivity contribution in [1.82, 2.24) is 0 Å². The van der Waals surface area contributed by atoms with Crippen molar-refractivity contribution in [2.75, 3.05) is 11.4 Å². The Bertz CT molecular complexity index is 527. The van der Waals surface area contributed by atoms with Gasteiger partial charge in [0, 0.05) is 5.69 Å². The number of aryl methyl sites for hydroxylation is 1. The lowest BCUT2D eigenvalue weighted by molar-refractivity contribution is 0.238. The maximum Gasteiger partial charge on any atom is 0.196 e. The normalized spacial score (nSPS) is 29.0. The van der Waals surface area contributed by atoms with Crippen molar-refractivity contribution >= 4 is 11.6 Å². The lowest BCUT2D eigenvalue weighted by atomic mass is 9.74. The van der Waals surface area contributed by atoms with Crippen LogP contribution in [-0.4, -0.2) is 18.0 Å². The average Bonchev–Trinajstić information content (AvgIpc) is 2.79. The molecule has 1 saturated carbocycles. The summed E-state index contributed by atoms with van der Waals surface area (Å²) in [5, 5.41) is 0.